The molecule has 90 valence electrons. The highest BCUT2D eigenvalue weighted by Gasteiger charge is 2.51. The molecule has 0 heterocycles. The molecule has 0 aromatic heterocycles. The molecule has 4 aliphatic rings. The van der Waals surface area contributed by atoms with E-state index in [1.807, 2.05) is 7.05 Å². The summed E-state index contributed by atoms with van der Waals surface area (Å²) >= 11 is 0. The highest BCUT2D eigenvalue weighted by atomic mass is 16.1. The molecule has 0 saturated heterocycles. The fraction of sp³-hybridized carbons (Fsp3) is 0.929. The van der Waals surface area contributed by atoms with E-state index in [1.165, 1.54) is 44.9 Å². The van der Waals surface area contributed by atoms with Crippen LogP contribution in [-0.4, -0.2) is 19.4 Å². The molecule has 0 aliphatic heterocycles. The average Bonchev–Trinajstić information content (AvgIpc) is 2.46. The third-order valence-corrected chi connectivity index (χ3v) is 5.28. The van der Waals surface area contributed by atoms with Gasteiger partial charge in [-0.2, -0.15) is 0 Å². The number of hydrogen-bond donors (Lipinski definition) is 1. The van der Waals surface area contributed by atoms with Gasteiger partial charge in [0, 0.05) is 5.41 Å². The molecule has 0 radical (unpaired) electrons. The molecule has 4 fully saturated rings. The van der Waals surface area contributed by atoms with Gasteiger partial charge in [-0.1, -0.05) is 12.8 Å². The predicted octanol–water partition coefficient (Wildman–Crippen LogP) is 2.38. The van der Waals surface area contributed by atoms with Crippen molar-refractivity contribution < 1.29 is 4.79 Å². The molecule has 0 aromatic rings. The molecule has 4 rings (SSSR count). The minimum atomic E-state index is 0.0933. The van der Waals surface area contributed by atoms with Gasteiger partial charge in [0.25, 0.3) is 0 Å². The zero-order chi connectivity index (χ0) is 11.2. The number of hydrogen-bond acceptors (Lipinski definition) is 2. The Balaban J connectivity index is 1.87. The van der Waals surface area contributed by atoms with E-state index in [2.05, 4.69) is 5.32 Å². The lowest BCUT2D eigenvalue weighted by atomic mass is 9.57. The van der Waals surface area contributed by atoms with E-state index in [1.54, 1.807) is 0 Å². The number of fused-ring (bicyclic) bond motifs is 1. The van der Waals surface area contributed by atoms with E-state index in [0.29, 0.717) is 12.3 Å². The fourth-order valence-corrected chi connectivity index (χ4v) is 4.88. The Labute approximate surface area is 98.2 Å². The molecule has 1 N–H and O–H groups in total. The SMILES string of the molecule is CNCC(=O)C12CC3C[C@@H](CC[C@@H](C3)C1)C2. The van der Waals surface area contributed by atoms with Crippen molar-refractivity contribution in [2.75, 3.05) is 13.6 Å². The first kappa shape index (κ1) is 10.8. The number of nitrogens with one attached hydrogen (secondary N) is 1. The Bertz CT molecular complexity index is 283. The number of carbonyl (C=O) groups excluding carboxylic acids is 1. The molecular formula is C14H23NO. The number of carbonyl (C=O) groups is 1. The molecule has 0 amide bonds. The van der Waals surface area contributed by atoms with Crippen molar-refractivity contribution in [2.45, 2.75) is 44.9 Å². The lowest BCUT2D eigenvalue weighted by Crippen LogP contribution is -2.46. The maximum absolute atomic E-state index is 12.4. The van der Waals surface area contributed by atoms with E-state index >= 15 is 0 Å². The molecule has 4 atom stereocenters. The van der Waals surface area contributed by atoms with Crippen molar-refractivity contribution >= 4 is 5.78 Å². The van der Waals surface area contributed by atoms with Crippen molar-refractivity contribution in [1.82, 2.24) is 5.32 Å². The molecule has 2 heteroatoms. The third-order valence-electron chi connectivity index (χ3n) is 5.28. The third kappa shape index (κ3) is 1.62. The summed E-state index contributed by atoms with van der Waals surface area (Å²) in [6.45, 7) is 0.589. The fourth-order valence-electron chi connectivity index (χ4n) is 4.88. The predicted molar refractivity (Wildman–Crippen MR) is 64.2 cm³/mol. The van der Waals surface area contributed by atoms with Gasteiger partial charge in [-0.15, -0.1) is 0 Å². The van der Waals surface area contributed by atoms with Crippen LogP contribution < -0.4 is 5.32 Å². The van der Waals surface area contributed by atoms with Crippen molar-refractivity contribution in [2.24, 2.45) is 23.2 Å². The lowest BCUT2D eigenvalue weighted by molar-refractivity contribution is -0.135. The highest BCUT2D eigenvalue weighted by Crippen LogP contribution is 2.57. The minimum absolute atomic E-state index is 0.0933. The summed E-state index contributed by atoms with van der Waals surface area (Å²) in [6, 6.07) is 0. The van der Waals surface area contributed by atoms with Crippen LogP contribution in [0.4, 0.5) is 0 Å². The zero-order valence-corrected chi connectivity index (χ0v) is 10.3. The molecular weight excluding hydrogens is 198 g/mol. The highest BCUT2D eigenvalue weighted by molar-refractivity contribution is 5.87. The quantitative estimate of drug-likeness (QED) is 0.793. The van der Waals surface area contributed by atoms with Gasteiger partial charge >= 0.3 is 0 Å². The number of likely N-dealkylation sites (N-methyl/N-ethyl adjacent to an activating group) is 1. The van der Waals surface area contributed by atoms with Crippen molar-refractivity contribution in [3.8, 4) is 0 Å². The standard InChI is InChI=1S/C14H23NO/c1-15-9-13(16)14-6-10-2-3-11(7-14)5-12(4-10)8-14/h10-12,15H,2-9H2,1H3/t10-,11+,12?,14?. The molecule has 2 nitrogen and oxygen atoms in total. The van der Waals surface area contributed by atoms with Crippen molar-refractivity contribution in [3.63, 3.8) is 0 Å². The van der Waals surface area contributed by atoms with Crippen molar-refractivity contribution in [3.05, 3.63) is 0 Å². The van der Waals surface area contributed by atoms with Gasteiger partial charge in [0.2, 0.25) is 0 Å². The summed E-state index contributed by atoms with van der Waals surface area (Å²) in [7, 11) is 1.90. The summed E-state index contributed by atoms with van der Waals surface area (Å²) in [5, 5.41) is 3.06. The Morgan fingerprint density at radius 2 is 1.69 bits per heavy atom. The van der Waals surface area contributed by atoms with Crippen LogP contribution in [0.1, 0.15) is 44.9 Å². The molecule has 16 heavy (non-hydrogen) atoms. The van der Waals surface area contributed by atoms with Crippen LogP contribution in [0.3, 0.4) is 0 Å². The summed E-state index contributed by atoms with van der Waals surface area (Å²) in [5.74, 6) is 3.12. The lowest BCUT2D eigenvalue weighted by Gasteiger charge is -2.47. The summed E-state index contributed by atoms with van der Waals surface area (Å²) < 4.78 is 0. The number of ketones is 1. The van der Waals surface area contributed by atoms with E-state index in [-0.39, 0.29) is 5.41 Å². The second kappa shape index (κ2) is 3.83. The first-order chi connectivity index (χ1) is 7.72. The number of Topliss-reactive ketones (excluding diaryl/α,β-unsaturated/α-hetero) is 1. The van der Waals surface area contributed by atoms with Gasteiger partial charge in [0.15, 0.2) is 5.78 Å². The Morgan fingerprint density at radius 1 is 1.12 bits per heavy atom. The van der Waals surface area contributed by atoms with Gasteiger partial charge in [0.05, 0.1) is 6.54 Å². The van der Waals surface area contributed by atoms with E-state index in [9.17, 15) is 4.79 Å². The molecule has 4 aliphatic carbocycles. The normalized spacial score (nSPS) is 45.7. The maximum Gasteiger partial charge on any atom is 0.152 e. The van der Waals surface area contributed by atoms with Gasteiger partial charge in [-0.25, -0.2) is 0 Å². The average molecular weight is 221 g/mol. The first-order valence-electron chi connectivity index (χ1n) is 6.90. The topological polar surface area (TPSA) is 29.1 Å². The molecule has 0 aromatic carbocycles. The van der Waals surface area contributed by atoms with E-state index < -0.39 is 0 Å². The minimum Gasteiger partial charge on any atom is -0.313 e. The van der Waals surface area contributed by atoms with Crippen LogP contribution in [0, 0.1) is 23.2 Å². The van der Waals surface area contributed by atoms with E-state index in [4.69, 9.17) is 0 Å². The summed E-state index contributed by atoms with van der Waals surface area (Å²) in [5.41, 5.74) is 0.0933. The van der Waals surface area contributed by atoms with Gasteiger partial charge in [-0.05, 0) is 56.9 Å². The Kier molecular flexibility index (Phi) is 2.58. The second-order valence-corrected chi connectivity index (χ2v) is 6.49. The van der Waals surface area contributed by atoms with Crippen LogP contribution in [0.5, 0.6) is 0 Å². The molecule has 4 bridgehead atoms. The molecule has 2 unspecified atom stereocenters. The Hall–Kier alpha value is -0.370. The van der Waals surface area contributed by atoms with Gasteiger partial charge < -0.3 is 5.32 Å². The summed E-state index contributed by atoms with van der Waals surface area (Å²) in [6.07, 6.45) is 9.27. The maximum atomic E-state index is 12.4. The Morgan fingerprint density at radius 3 is 2.25 bits per heavy atom. The van der Waals surface area contributed by atoms with Crippen molar-refractivity contribution in [1.29, 1.82) is 0 Å². The second-order valence-electron chi connectivity index (χ2n) is 6.49. The first-order valence-corrected chi connectivity index (χ1v) is 6.90. The van der Waals surface area contributed by atoms with Crippen LogP contribution in [0.2, 0.25) is 0 Å². The smallest absolute Gasteiger partial charge is 0.152 e. The van der Waals surface area contributed by atoms with Crippen LogP contribution in [0.25, 0.3) is 0 Å². The van der Waals surface area contributed by atoms with Gasteiger partial charge in [0.1, 0.15) is 0 Å². The number of rotatable bonds is 3. The molecule has 0 spiro atoms. The molecule has 4 saturated carbocycles. The zero-order valence-electron chi connectivity index (χ0n) is 10.3. The van der Waals surface area contributed by atoms with Crippen LogP contribution in [0.15, 0.2) is 0 Å². The van der Waals surface area contributed by atoms with Crippen LogP contribution in [-0.2, 0) is 4.79 Å². The monoisotopic (exact) mass is 221 g/mol. The van der Waals surface area contributed by atoms with E-state index in [0.717, 1.165) is 17.8 Å². The summed E-state index contributed by atoms with van der Waals surface area (Å²) in [4.78, 5) is 12.4. The van der Waals surface area contributed by atoms with Gasteiger partial charge in [-0.3, -0.25) is 4.79 Å². The van der Waals surface area contributed by atoms with Crippen LogP contribution >= 0.6 is 0 Å². The largest absolute Gasteiger partial charge is 0.313 e.